The molecule has 116 valence electrons. The molecule has 0 aromatic heterocycles. The van der Waals surface area contributed by atoms with E-state index in [4.69, 9.17) is 5.11 Å². The number of aliphatic hydroxyl groups is 1. The lowest BCUT2D eigenvalue weighted by Crippen LogP contribution is -2.36. The molecule has 1 saturated carbocycles. The van der Waals surface area contributed by atoms with Gasteiger partial charge >= 0.3 is 0 Å². The third kappa shape index (κ3) is 3.14. The highest BCUT2D eigenvalue weighted by Crippen LogP contribution is 2.48. The predicted octanol–water partition coefficient (Wildman–Crippen LogP) is 3.22. The first-order valence-electron chi connectivity index (χ1n) is 8.13. The molecule has 0 spiro atoms. The normalized spacial score (nSPS) is 21.5. The molecule has 0 saturated heterocycles. The Morgan fingerprint density at radius 1 is 1.27 bits per heavy atom. The van der Waals surface area contributed by atoms with Crippen molar-refractivity contribution in [3.8, 4) is 0 Å². The molecule has 2 aromatic carbocycles. The third-order valence-electron chi connectivity index (χ3n) is 4.65. The second kappa shape index (κ2) is 6.49. The molecule has 1 aliphatic carbocycles. The molecule has 3 nitrogen and oxygen atoms in total. The number of amides is 1. The number of benzene rings is 2. The third-order valence-corrected chi connectivity index (χ3v) is 4.65. The van der Waals surface area contributed by atoms with Crippen LogP contribution in [0.3, 0.4) is 0 Å². The zero-order valence-corrected chi connectivity index (χ0v) is 13.0. The van der Waals surface area contributed by atoms with Crippen molar-refractivity contribution >= 4 is 16.7 Å². The van der Waals surface area contributed by atoms with E-state index in [-0.39, 0.29) is 24.5 Å². The van der Waals surface area contributed by atoms with Gasteiger partial charge in [-0.2, -0.15) is 0 Å². The van der Waals surface area contributed by atoms with E-state index in [2.05, 4.69) is 35.6 Å². The SMILES string of the molecule is CCC(CCO)NC(=O)C1CC1c1ccc2ccccc2c1. The van der Waals surface area contributed by atoms with Gasteiger partial charge in [0.2, 0.25) is 5.91 Å². The van der Waals surface area contributed by atoms with E-state index < -0.39 is 0 Å². The van der Waals surface area contributed by atoms with Crippen molar-refractivity contribution in [3.05, 3.63) is 48.0 Å². The van der Waals surface area contributed by atoms with Crippen LogP contribution in [0.2, 0.25) is 0 Å². The van der Waals surface area contributed by atoms with Crippen LogP contribution >= 0.6 is 0 Å². The van der Waals surface area contributed by atoms with Crippen molar-refractivity contribution in [3.63, 3.8) is 0 Å². The molecule has 3 atom stereocenters. The van der Waals surface area contributed by atoms with Crippen LogP contribution in [0.25, 0.3) is 10.8 Å². The molecule has 0 radical (unpaired) electrons. The van der Waals surface area contributed by atoms with Gasteiger partial charge in [-0.3, -0.25) is 4.79 Å². The van der Waals surface area contributed by atoms with E-state index in [1.807, 2.05) is 19.1 Å². The molecule has 2 N–H and O–H groups in total. The van der Waals surface area contributed by atoms with Crippen LogP contribution in [0.15, 0.2) is 42.5 Å². The predicted molar refractivity (Wildman–Crippen MR) is 88.7 cm³/mol. The van der Waals surface area contributed by atoms with Gasteiger partial charge in [0.1, 0.15) is 0 Å². The van der Waals surface area contributed by atoms with E-state index in [1.54, 1.807) is 0 Å². The minimum Gasteiger partial charge on any atom is -0.396 e. The molecule has 22 heavy (non-hydrogen) atoms. The summed E-state index contributed by atoms with van der Waals surface area (Å²) in [5, 5.41) is 14.6. The first kappa shape index (κ1) is 15.0. The van der Waals surface area contributed by atoms with Gasteiger partial charge in [0.15, 0.2) is 0 Å². The quantitative estimate of drug-likeness (QED) is 0.860. The zero-order chi connectivity index (χ0) is 15.5. The van der Waals surface area contributed by atoms with Gasteiger partial charge in [-0.25, -0.2) is 0 Å². The Bertz CT molecular complexity index is 667. The van der Waals surface area contributed by atoms with E-state index in [9.17, 15) is 4.79 Å². The fourth-order valence-electron chi connectivity index (χ4n) is 3.13. The number of hydrogen-bond acceptors (Lipinski definition) is 2. The molecule has 3 unspecified atom stereocenters. The summed E-state index contributed by atoms with van der Waals surface area (Å²) in [5.74, 6) is 0.573. The summed E-state index contributed by atoms with van der Waals surface area (Å²) in [5.41, 5.74) is 1.26. The number of carbonyl (C=O) groups excluding carboxylic acids is 1. The monoisotopic (exact) mass is 297 g/mol. The molecule has 3 rings (SSSR count). The molecule has 3 heteroatoms. The van der Waals surface area contributed by atoms with Gasteiger partial charge in [0.25, 0.3) is 0 Å². The van der Waals surface area contributed by atoms with Crippen LogP contribution in [-0.4, -0.2) is 23.7 Å². The van der Waals surface area contributed by atoms with E-state index in [1.165, 1.54) is 16.3 Å². The number of carbonyl (C=O) groups is 1. The van der Waals surface area contributed by atoms with Gasteiger partial charge < -0.3 is 10.4 Å². The molecule has 0 bridgehead atoms. The number of nitrogens with one attached hydrogen (secondary N) is 1. The lowest BCUT2D eigenvalue weighted by molar-refractivity contribution is -0.123. The summed E-state index contributed by atoms with van der Waals surface area (Å²) in [7, 11) is 0. The second-order valence-electron chi connectivity index (χ2n) is 6.18. The highest BCUT2D eigenvalue weighted by Gasteiger charge is 2.44. The first-order valence-corrected chi connectivity index (χ1v) is 8.13. The average molecular weight is 297 g/mol. The van der Waals surface area contributed by atoms with Crippen molar-refractivity contribution in [2.75, 3.05) is 6.61 Å². The number of hydrogen-bond donors (Lipinski definition) is 2. The van der Waals surface area contributed by atoms with Crippen molar-refractivity contribution in [1.82, 2.24) is 5.32 Å². The van der Waals surface area contributed by atoms with E-state index in [0.717, 1.165) is 12.8 Å². The lowest BCUT2D eigenvalue weighted by atomic mass is 10.0. The summed E-state index contributed by atoms with van der Waals surface area (Å²) in [4.78, 5) is 12.3. The van der Waals surface area contributed by atoms with Crippen molar-refractivity contribution in [2.24, 2.45) is 5.92 Å². The van der Waals surface area contributed by atoms with Gasteiger partial charge in [0, 0.05) is 18.6 Å². The Hall–Kier alpha value is -1.87. The number of fused-ring (bicyclic) bond motifs is 1. The van der Waals surface area contributed by atoms with E-state index in [0.29, 0.717) is 12.3 Å². The van der Waals surface area contributed by atoms with Crippen molar-refractivity contribution < 1.29 is 9.90 Å². The van der Waals surface area contributed by atoms with Crippen LogP contribution in [0.1, 0.15) is 37.7 Å². The molecule has 1 aliphatic rings. The summed E-state index contributed by atoms with van der Waals surface area (Å²) >= 11 is 0. The molecule has 2 aromatic rings. The molecule has 0 heterocycles. The Balaban J connectivity index is 1.66. The van der Waals surface area contributed by atoms with Gasteiger partial charge in [-0.15, -0.1) is 0 Å². The fraction of sp³-hybridized carbons (Fsp3) is 0.421. The minimum absolute atomic E-state index is 0.0916. The molecule has 1 amide bonds. The van der Waals surface area contributed by atoms with Gasteiger partial charge in [-0.1, -0.05) is 49.4 Å². The van der Waals surface area contributed by atoms with Crippen LogP contribution in [-0.2, 0) is 4.79 Å². The van der Waals surface area contributed by atoms with Crippen LogP contribution < -0.4 is 5.32 Å². The van der Waals surface area contributed by atoms with Gasteiger partial charge in [-0.05, 0) is 41.5 Å². The average Bonchev–Trinajstić information content (AvgIpc) is 3.34. The Morgan fingerprint density at radius 2 is 2.05 bits per heavy atom. The van der Waals surface area contributed by atoms with E-state index >= 15 is 0 Å². The number of rotatable bonds is 6. The van der Waals surface area contributed by atoms with Crippen LogP contribution in [0.5, 0.6) is 0 Å². The standard InChI is InChI=1S/C19H23NO2/c1-2-16(9-10-21)20-19(22)18-12-17(18)15-8-7-13-5-3-4-6-14(13)11-15/h3-8,11,16-18,21H,2,9-10,12H2,1H3,(H,20,22). The van der Waals surface area contributed by atoms with Gasteiger partial charge in [0.05, 0.1) is 0 Å². The molecular formula is C19H23NO2. The summed E-state index contributed by atoms with van der Waals surface area (Å²) < 4.78 is 0. The number of aliphatic hydroxyl groups excluding tert-OH is 1. The maximum absolute atomic E-state index is 12.3. The van der Waals surface area contributed by atoms with Crippen molar-refractivity contribution in [2.45, 2.75) is 38.1 Å². The molecule has 0 aliphatic heterocycles. The lowest BCUT2D eigenvalue weighted by Gasteiger charge is -2.15. The Labute approximate surface area is 131 Å². The minimum atomic E-state index is 0.0916. The summed E-state index contributed by atoms with van der Waals surface area (Å²) in [6, 6.07) is 14.9. The van der Waals surface area contributed by atoms with Crippen molar-refractivity contribution in [1.29, 1.82) is 0 Å². The first-order chi connectivity index (χ1) is 10.7. The van der Waals surface area contributed by atoms with Crippen LogP contribution in [0.4, 0.5) is 0 Å². The fourth-order valence-corrected chi connectivity index (χ4v) is 3.13. The Morgan fingerprint density at radius 3 is 2.77 bits per heavy atom. The topological polar surface area (TPSA) is 49.3 Å². The second-order valence-corrected chi connectivity index (χ2v) is 6.18. The molecular weight excluding hydrogens is 274 g/mol. The zero-order valence-electron chi connectivity index (χ0n) is 13.0. The highest BCUT2D eigenvalue weighted by molar-refractivity contribution is 5.86. The summed E-state index contributed by atoms with van der Waals surface area (Å²) in [6.07, 6.45) is 2.43. The largest absolute Gasteiger partial charge is 0.396 e. The Kier molecular flexibility index (Phi) is 4.44. The molecule has 1 fully saturated rings. The maximum Gasteiger partial charge on any atom is 0.223 e. The highest BCUT2D eigenvalue weighted by atomic mass is 16.3. The maximum atomic E-state index is 12.3. The van der Waals surface area contributed by atoms with Crippen LogP contribution in [0, 0.1) is 5.92 Å². The summed E-state index contributed by atoms with van der Waals surface area (Å²) in [6.45, 7) is 2.16. The smallest absolute Gasteiger partial charge is 0.223 e.